The number of carbonyl (C=O) groups is 2. The molecule has 0 fully saturated rings. The van der Waals surface area contributed by atoms with E-state index in [1.807, 2.05) is 15.7 Å². The molecule has 2 N–H and O–H groups in total. The Kier molecular flexibility index (Phi) is 10.2. The first-order valence-corrected chi connectivity index (χ1v) is 16.4. The number of hydrogen-bond acceptors (Lipinski definition) is 10. The third-order valence-electron chi connectivity index (χ3n) is 7.54. The number of terminal acetylenes is 1. The van der Waals surface area contributed by atoms with Gasteiger partial charge in [0.25, 0.3) is 33.1 Å². The van der Waals surface area contributed by atoms with Crippen LogP contribution >= 0.6 is 0 Å². The van der Waals surface area contributed by atoms with Gasteiger partial charge in [-0.1, -0.05) is 18.1 Å². The van der Waals surface area contributed by atoms with Crippen LogP contribution in [0.25, 0.3) is 10.9 Å². The molecular weight excluding hydrogens is 664 g/mol. The van der Waals surface area contributed by atoms with E-state index in [1.165, 1.54) is 61.7 Å². The quantitative estimate of drug-likeness (QED) is 0.110. The number of ether oxygens (including phenoxy) is 1. The zero-order valence-corrected chi connectivity index (χ0v) is 27.6. The number of aromatic amines is 1. The third kappa shape index (κ3) is 7.94. The Morgan fingerprint density at radius 1 is 1.02 bits per heavy atom. The monoisotopic (exact) mass is 694 g/mol. The van der Waals surface area contributed by atoms with Gasteiger partial charge in [-0.15, -0.1) is 6.42 Å². The van der Waals surface area contributed by atoms with Crippen molar-refractivity contribution in [1.29, 1.82) is 0 Å². The number of fused-ring (bicyclic) bond motifs is 1. The van der Waals surface area contributed by atoms with Gasteiger partial charge >= 0.3 is 0 Å². The molecule has 0 aliphatic heterocycles. The van der Waals surface area contributed by atoms with Gasteiger partial charge in [-0.05, 0) is 79.2 Å². The van der Waals surface area contributed by atoms with Crippen molar-refractivity contribution < 1.29 is 27.7 Å². The van der Waals surface area contributed by atoms with Crippen molar-refractivity contribution in [3.05, 3.63) is 128 Å². The Morgan fingerprint density at radius 2 is 1.74 bits per heavy atom. The lowest BCUT2D eigenvalue weighted by molar-refractivity contribution is -0.384. The zero-order chi connectivity index (χ0) is 36.0. The molecule has 5 aromatic rings. The number of nitro groups is 1. The van der Waals surface area contributed by atoms with Crippen LogP contribution in [0.2, 0.25) is 0 Å². The lowest BCUT2D eigenvalue weighted by Gasteiger charge is -2.24. The number of methoxy groups -OCH3 is 1. The summed E-state index contributed by atoms with van der Waals surface area (Å²) >= 11 is 0. The highest BCUT2D eigenvalue weighted by atomic mass is 32.2. The molecule has 2 amide bonds. The lowest BCUT2D eigenvalue weighted by Crippen LogP contribution is -2.43. The second kappa shape index (κ2) is 14.7. The number of nitrogens with zero attached hydrogens (tertiary/aromatic N) is 4. The number of aromatic nitrogens is 2. The number of benzene rings is 4. The van der Waals surface area contributed by atoms with Crippen LogP contribution in [0.5, 0.6) is 5.75 Å². The van der Waals surface area contributed by atoms with Crippen molar-refractivity contribution in [2.45, 2.75) is 18.4 Å². The van der Waals surface area contributed by atoms with Gasteiger partial charge in [0.05, 0.1) is 40.1 Å². The van der Waals surface area contributed by atoms with Crippen molar-refractivity contribution in [2.24, 2.45) is 0 Å². The van der Waals surface area contributed by atoms with Crippen LogP contribution in [0.4, 0.5) is 17.1 Å². The summed E-state index contributed by atoms with van der Waals surface area (Å²) in [4.78, 5) is 60.0. The molecule has 0 aliphatic rings. The molecule has 0 radical (unpaired) electrons. The number of rotatable bonds is 12. The Balaban J connectivity index is 1.40. The molecule has 5 rings (SSSR count). The first-order chi connectivity index (χ1) is 23.9. The molecule has 1 aromatic heterocycles. The van der Waals surface area contributed by atoms with Gasteiger partial charge in [0, 0.05) is 29.9 Å². The SMILES string of the molecule is C#CCN(Cc1ccc2nc(C)[nH]c(=O)c2c1)c1ccc(C(=O)N(CC(=O)NS(=O)(=O)c2ccc(OC)cc2)c2cccc([N+](=O)[O-])c2)cc1. The summed E-state index contributed by atoms with van der Waals surface area (Å²) in [5.41, 5.74) is 1.48. The summed E-state index contributed by atoms with van der Waals surface area (Å²) in [6.45, 7) is 1.43. The summed E-state index contributed by atoms with van der Waals surface area (Å²) in [6.07, 6.45) is 5.66. The normalized spacial score (nSPS) is 11.0. The standard InChI is InChI=1S/C35H30N6O8S/c1-4-18-39(21-24-8-17-32-31(19-24)34(43)37-23(2)36-32)26-11-9-25(10-12-26)35(44)40(27-6-5-7-28(20-27)41(45)46)22-33(42)38-50(47,48)30-15-13-29(49-3)14-16-30/h1,5-17,19-20H,18,21-22H2,2-3H3,(H,38,42)(H,36,37,43). The minimum atomic E-state index is -4.33. The highest BCUT2D eigenvalue weighted by Crippen LogP contribution is 2.25. The average Bonchev–Trinajstić information content (AvgIpc) is 3.10. The maximum absolute atomic E-state index is 13.9. The summed E-state index contributed by atoms with van der Waals surface area (Å²) in [5.74, 6) is 1.73. The van der Waals surface area contributed by atoms with Gasteiger partial charge in [-0.2, -0.15) is 0 Å². The fraction of sp³-hybridized carbons (Fsp3) is 0.143. The molecule has 0 saturated heterocycles. The van der Waals surface area contributed by atoms with Crippen LogP contribution in [-0.4, -0.2) is 55.3 Å². The number of amides is 2. The number of aryl methyl sites for hydroxylation is 1. The molecule has 15 heteroatoms. The van der Waals surface area contributed by atoms with Crippen LogP contribution in [0.3, 0.4) is 0 Å². The van der Waals surface area contributed by atoms with E-state index in [2.05, 4.69) is 15.9 Å². The molecule has 0 spiro atoms. The average molecular weight is 695 g/mol. The van der Waals surface area contributed by atoms with Gasteiger partial charge < -0.3 is 14.6 Å². The largest absolute Gasteiger partial charge is 0.497 e. The van der Waals surface area contributed by atoms with Crippen molar-refractivity contribution in [3.63, 3.8) is 0 Å². The van der Waals surface area contributed by atoms with E-state index in [9.17, 15) is 32.9 Å². The molecule has 0 saturated carbocycles. The minimum Gasteiger partial charge on any atom is -0.497 e. The Morgan fingerprint density at radius 3 is 2.40 bits per heavy atom. The molecule has 254 valence electrons. The number of carbonyl (C=O) groups excluding carboxylic acids is 2. The lowest BCUT2D eigenvalue weighted by atomic mass is 10.1. The van der Waals surface area contributed by atoms with E-state index in [0.717, 1.165) is 16.5 Å². The number of anilines is 2. The predicted molar refractivity (Wildman–Crippen MR) is 187 cm³/mol. The van der Waals surface area contributed by atoms with Gasteiger partial charge in [0.15, 0.2) is 0 Å². The molecule has 1 heterocycles. The maximum atomic E-state index is 13.9. The summed E-state index contributed by atoms with van der Waals surface area (Å²) < 4.78 is 32.8. The number of H-pyrrole nitrogens is 1. The first kappa shape index (κ1) is 34.8. The predicted octanol–water partition coefficient (Wildman–Crippen LogP) is 3.94. The summed E-state index contributed by atoms with van der Waals surface area (Å²) in [7, 11) is -2.92. The van der Waals surface area contributed by atoms with Gasteiger partial charge in [-0.3, -0.25) is 29.4 Å². The second-order valence-corrected chi connectivity index (χ2v) is 12.7. The topological polar surface area (TPSA) is 185 Å². The zero-order valence-electron chi connectivity index (χ0n) is 26.8. The second-order valence-electron chi connectivity index (χ2n) is 11.0. The van der Waals surface area contributed by atoms with E-state index in [0.29, 0.717) is 34.7 Å². The number of nitro benzene ring substituents is 1. The van der Waals surface area contributed by atoms with E-state index in [-0.39, 0.29) is 33.9 Å². The van der Waals surface area contributed by atoms with E-state index < -0.39 is 33.3 Å². The molecule has 14 nitrogen and oxygen atoms in total. The molecule has 4 aromatic carbocycles. The van der Waals surface area contributed by atoms with Crippen LogP contribution in [0.1, 0.15) is 21.7 Å². The van der Waals surface area contributed by atoms with Crippen LogP contribution < -0.4 is 24.8 Å². The van der Waals surface area contributed by atoms with Crippen molar-refractivity contribution >= 4 is 49.8 Å². The fourth-order valence-electron chi connectivity index (χ4n) is 5.14. The molecule has 0 aliphatic carbocycles. The summed E-state index contributed by atoms with van der Waals surface area (Å²) in [6, 6.07) is 22.0. The Bertz CT molecular complexity index is 2300. The Labute approximate surface area is 286 Å². The smallest absolute Gasteiger partial charge is 0.271 e. The van der Waals surface area contributed by atoms with E-state index in [4.69, 9.17) is 11.2 Å². The Hall–Kier alpha value is -6.53. The van der Waals surface area contributed by atoms with Crippen molar-refractivity contribution in [1.82, 2.24) is 14.7 Å². The number of sulfonamides is 1. The maximum Gasteiger partial charge on any atom is 0.271 e. The number of nitrogens with one attached hydrogen (secondary N) is 2. The molecule has 50 heavy (non-hydrogen) atoms. The van der Waals surface area contributed by atoms with Crippen molar-refractivity contribution in [2.75, 3.05) is 30.0 Å². The number of non-ortho nitro benzene ring substituents is 1. The van der Waals surface area contributed by atoms with E-state index >= 15 is 0 Å². The molecule has 0 atom stereocenters. The van der Waals surface area contributed by atoms with Gasteiger partial charge in [0.1, 0.15) is 18.1 Å². The van der Waals surface area contributed by atoms with Crippen LogP contribution in [0.15, 0.2) is 101 Å². The van der Waals surface area contributed by atoms with Gasteiger partial charge in [0.2, 0.25) is 0 Å². The highest BCUT2D eigenvalue weighted by molar-refractivity contribution is 7.90. The van der Waals surface area contributed by atoms with Crippen LogP contribution in [0, 0.1) is 29.4 Å². The molecule has 0 bridgehead atoms. The summed E-state index contributed by atoms with van der Waals surface area (Å²) in [5, 5.41) is 11.9. The first-order valence-electron chi connectivity index (χ1n) is 14.9. The minimum absolute atomic E-state index is 0.00444. The van der Waals surface area contributed by atoms with E-state index in [1.54, 1.807) is 31.2 Å². The third-order valence-corrected chi connectivity index (χ3v) is 8.93. The fourth-order valence-corrected chi connectivity index (χ4v) is 6.11. The van der Waals surface area contributed by atoms with Crippen LogP contribution in [-0.2, 0) is 21.4 Å². The number of hydrogen-bond donors (Lipinski definition) is 2. The van der Waals surface area contributed by atoms with Crippen molar-refractivity contribution in [3.8, 4) is 18.1 Å². The molecular formula is C35H30N6O8S. The van der Waals surface area contributed by atoms with Gasteiger partial charge in [-0.25, -0.2) is 18.1 Å². The molecule has 0 unspecified atom stereocenters. The highest BCUT2D eigenvalue weighted by Gasteiger charge is 2.26.